The highest BCUT2D eigenvalue weighted by Crippen LogP contribution is 1.99. The van der Waals surface area contributed by atoms with Gasteiger partial charge in [-0.3, -0.25) is 9.59 Å². The molecule has 0 radical (unpaired) electrons. The maximum Gasteiger partial charge on any atom is 0.131 e. The first-order valence-electron chi connectivity index (χ1n) is 5.77. The van der Waals surface area contributed by atoms with Crippen molar-refractivity contribution in [1.29, 1.82) is 0 Å². The minimum atomic E-state index is 0.222. The fourth-order valence-corrected chi connectivity index (χ4v) is 1.35. The maximum absolute atomic E-state index is 10.9. The molecule has 0 aliphatic carbocycles. The van der Waals surface area contributed by atoms with Crippen molar-refractivity contribution in [3.8, 4) is 0 Å². The van der Waals surface area contributed by atoms with Gasteiger partial charge in [-0.15, -0.1) is 0 Å². The molecule has 0 heterocycles. The Balaban J connectivity index is 3.82. The molecular formula is C12H23NO2. The normalized spacial score (nSPS) is 10.7. The highest BCUT2D eigenvalue weighted by molar-refractivity contribution is 5.76. The first-order chi connectivity index (χ1) is 7.06. The van der Waals surface area contributed by atoms with Crippen molar-refractivity contribution in [3.05, 3.63) is 0 Å². The lowest BCUT2D eigenvalue weighted by Gasteiger charge is -2.20. The SMILES string of the molecule is CCCCN(CCC(C)=O)CCC(C)=O. The van der Waals surface area contributed by atoms with E-state index < -0.39 is 0 Å². The molecule has 3 heteroatoms. The lowest BCUT2D eigenvalue weighted by Crippen LogP contribution is -2.29. The lowest BCUT2D eigenvalue weighted by molar-refractivity contribution is -0.117. The van der Waals surface area contributed by atoms with Crippen LogP contribution in [0.1, 0.15) is 46.5 Å². The van der Waals surface area contributed by atoms with E-state index in [2.05, 4.69) is 11.8 Å². The van der Waals surface area contributed by atoms with Crippen molar-refractivity contribution in [3.63, 3.8) is 0 Å². The van der Waals surface area contributed by atoms with Gasteiger partial charge in [-0.1, -0.05) is 13.3 Å². The molecule has 0 aliphatic heterocycles. The Labute approximate surface area is 92.8 Å². The van der Waals surface area contributed by atoms with Gasteiger partial charge in [-0.25, -0.2) is 0 Å². The van der Waals surface area contributed by atoms with Crippen molar-refractivity contribution in [2.75, 3.05) is 19.6 Å². The molecule has 0 aromatic rings. The standard InChI is InChI=1S/C12H23NO2/c1-4-5-8-13(9-6-11(2)14)10-7-12(3)15/h4-10H2,1-3H3. The third kappa shape index (κ3) is 9.60. The molecule has 0 aromatic carbocycles. The van der Waals surface area contributed by atoms with Crippen LogP contribution >= 0.6 is 0 Å². The average molecular weight is 213 g/mol. The molecule has 0 bridgehead atoms. The summed E-state index contributed by atoms with van der Waals surface area (Å²) in [6.07, 6.45) is 3.48. The topological polar surface area (TPSA) is 37.4 Å². The molecule has 0 fully saturated rings. The van der Waals surface area contributed by atoms with Crippen LogP contribution in [0.5, 0.6) is 0 Å². The molecule has 0 saturated heterocycles. The molecule has 0 saturated carbocycles. The van der Waals surface area contributed by atoms with Crippen LogP contribution in [0.2, 0.25) is 0 Å². The van der Waals surface area contributed by atoms with E-state index in [-0.39, 0.29) is 11.6 Å². The van der Waals surface area contributed by atoms with Gasteiger partial charge >= 0.3 is 0 Å². The Morgan fingerprint density at radius 1 is 0.933 bits per heavy atom. The molecule has 3 nitrogen and oxygen atoms in total. The summed E-state index contributed by atoms with van der Waals surface area (Å²) in [5, 5.41) is 0. The molecule has 15 heavy (non-hydrogen) atoms. The molecule has 0 aromatic heterocycles. The highest BCUT2D eigenvalue weighted by Gasteiger charge is 2.06. The predicted molar refractivity (Wildman–Crippen MR) is 61.9 cm³/mol. The molecule has 0 unspecified atom stereocenters. The van der Waals surface area contributed by atoms with Gasteiger partial charge in [0.05, 0.1) is 0 Å². The van der Waals surface area contributed by atoms with Gasteiger partial charge < -0.3 is 4.90 Å². The van der Waals surface area contributed by atoms with Crippen LogP contribution in [-0.4, -0.2) is 36.1 Å². The number of unbranched alkanes of at least 4 members (excludes halogenated alkanes) is 1. The number of Topliss-reactive ketones (excluding diaryl/α,β-unsaturated/α-hetero) is 2. The predicted octanol–water partition coefficient (Wildman–Crippen LogP) is 2.05. The van der Waals surface area contributed by atoms with Crippen LogP contribution in [0.15, 0.2) is 0 Å². The minimum Gasteiger partial charge on any atom is -0.302 e. The number of hydrogen-bond donors (Lipinski definition) is 0. The zero-order valence-corrected chi connectivity index (χ0v) is 10.2. The smallest absolute Gasteiger partial charge is 0.131 e. The highest BCUT2D eigenvalue weighted by atomic mass is 16.1. The summed E-state index contributed by atoms with van der Waals surface area (Å²) in [7, 11) is 0. The van der Waals surface area contributed by atoms with Crippen LogP contribution in [0.4, 0.5) is 0 Å². The molecular weight excluding hydrogens is 190 g/mol. The number of rotatable bonds is 9. The van der Waals surface area contributed by atoms with Crippen molar-refractivity contribution in [2.24, 2.45) is 0 Å². The Bertz CT molecular complexity index is 184. The van der Waals surface area contributed by atoms with Crippen LogP contribution in [-0.2, 0) is 9.59 Å². The van der Waals surface area contributed by atoms with E-state index in [1.165, 1.54) is 0 Å². The summed E-state index contributed by atoms with van der Waals surface area (Å²) in [4.78, 5) is 23.9. The van der Waals surface area contributed by atoms with Gasteiger partial charge in [0.15, 0.2) is 0 Å². The van der Waals surface area contributed by atoms with Gasteiger partial charge in [0, 0.05) is 25.9 Å². The van der Waals surface area contributed by atoms with E-state index in [1.54, 1.807) is 13.8 Å². The Morgan fingerprint density at radius 3 is 1.73 bits per heavy atom. The van der Waals surface area contributed by atoms with E-state index in [9.17, 15) is 9.59 Å². The summed E-state index contributed by atoms with van der Waals surface area (Å²) in [5.74, 6) is 0.443. The summed E-state index contributed by atoms with van der Waals surface area (Å²) in [6, 6.07) is 0. The van der Waals surface area contributed by atoms with E-state index in [0.29, 0.717) is 12.8 Å². The zero-order chi connectivity index (χ0) is 11.7. The summed E-state index contributed by atoms with van der Waals surface area (Å²) in [5.41, 5.74) is 0. The monoisotopic (exact) mass is 213 g/mol. The third-order valence-electron chi connectivity index (χ3n) is 2.39. The number of carbonyl (C=O) groups excluding carboxylic acids is 2. The van der Waals surface area contributed by atoms with E-state index in [1.807, 2.05) is 0 Å². The number of ketones is 2. The Hall–Kier alpha value is -0.700. The molecule has 0 rings (SSSR count). The van der Waals surface area contributed by atoms with Crippen LogP contribution < -0.4 is 0 Å². The molecule has 0 aliphatic rings. The first-order valence-corrected chi connectivity index (χ1v) is 5.77. The summed E-state index contributed by atoms with van der Waals surface area (Å²) >= 11 is 0. The second kappa shape index (κ2) is 8.60. The van der Waals surface area contributed by atoms with Gasteiger partial charge in [0.2, 0.25) is 0 Å². The maximum atomic E-state index is 10.9. The Morgan fingerprint density at radius 2 is 1.40 bits per heavy atom. The molecule has 0 atom stereocenters. The van der Waals surface area contributed by atoms with Crippen LogP contribution in [0.25, 0.3) is 0 Å². The van der Waals surface area contributed by atoms with Crippen molar-refractivity contribution >= 4 is 11.6 Å². The first kappa shape index (κ1) is 14.3. The van der Waals surface area contributed by atoms with Gasteiger partial charge in [-0.2, -0.15) is 0 Å². The van der Waals surface area contributed by atoms with E-state index in [0.717, 1.165) is 32.5 Å². The minimum absolute atomic E-state index is 0.222. The molecule has 0 spiro atoms. The van der Waals surface area contributed by atoms with Gasteiger partial charge in [0.25, 0.3) is 0 Å². The molecule has 0 N–H and O–H groups in total. The van der Waals surface area contributed by atoms with E-state index >= 15 is 0 Å². The van der Waals surface area contributed by atoms with Crippen LogP contribution in [0.3, 0.4) is 0 Å². The van der Waals surface area contributed by atoms with Crippen LogP contribution in [0, 0.1) is 0 Å². The van der Waals surface area contributed by atoms with Gasteiger partial charge in [0.1, 0.15) is 11.6 Å². The number of nitrogens with zero attached hydrogens (tertiary/aromatic N) is 1. The molecule has 0 amide bonds. The number of carbonyl (C=O) groups is 2. The fraction of sp³-hybridized carbons (Fsp3) is 0.833. The van der Waals surface area contributed by atoms with Gasteiger partial charge in [-0.05, 0) is 26.8 Å². The number of hydrogen-bond acceptors (Lipinski definition) is 3. The average Bonchev–Trinajstić information content (AvgIpc) is 2.16. The van der Waals surface area contributed by atoms with E-state index in [4.69, 9.17) is 0 Å². The summed E-state index contributed by atoms with van der Waals surface area (Å²) < 4.78 is 0. The fourth-order valence-electron chi connectivity index (χ4n) is 1.35. The quantitative estimate of drug-likeness (QED) is 0.588. The largest absolute Gasteiger partial charge is 0.302 e. The second-order valence-corrected chi connectivity index (χ2v) is 4.10. The summed E-state index contributed by atoms with van der Waals surface area (Å²) in [6.45, 7) is 7.96. The Kier molecular flexibility index (Phi) is 8.19. The van der Waals surface area contributed by atoms with Crippen molar-refractivity contribution in [1.82, 2.24) is 4.90 Å². The zero-order valence-electron chi connectivity index (χ0n) is 10.2. The molecule has 88 valence electrons. The second-order valence-electron chi connectivity index (χ2n) is 4.10. The third-order valence-corrected chi connectivity index (χ3v) is 2.39. The van der Waals surface area contributed by atoms with Crippen molar-refractivity contribution < 1.29 is 9.59 Å². The van der Waals surface area contributed by atoms with Crippen molar-refractivity contribution in [2.45, 2.75) is 46.5 Å². The lowest BCUT2D eigenvalue weighted by atomic mass is 10.2.